The SMILES string of the molecule is CC(C)(C)OC(=O)N1CCC(SCc2cnc(Cl)s2)C1. The van der Waals surface area contributed by atoms with Crippen molar-refractivity contribution < 1.29 is 9.53 Å². The minimum atomic E-state index is -0.429. The Morgan fingerprint density at radius 1 is 1.65 bits per heavy atom. The number of carbonyl (C=O) groups is 1. The molecule has 0 radical (unpaired) electrons. The van der Waals surface area contributed by atoms with E-state index >= 15 is 0 Å². The minimum Gasteiger partial charge on any atom is -0.444 e. The van der Waals surface area contributed by atoms with Gasteiger partial charge in [-0.3, -0.25) is 0 Å². The number of thiazole rings is 1. The van der Waals surface area contributed by atoms with Gasteiger partial charge in [0.15, 0.2) is 4.47 Å². The Hall–Kier alpha value is -0.460. The molecule has 0 spiro atoms. The summed E-state index contributed by atoms with van der Waals surface area (Å²) in [6.45, 7) is 7.20. The number of likely N-dealkylation sites (tertiary alicyclic amines) is 1. The Morgan fingerprint density at radius 3 is 3.00 bits per heavy atom. The summed E-state index contributed by atoms with van der Waals surface area (Å²) < 4.78 is 5.97. The van der Waals surface area contributed by atoms with Crippen LogP contribution in [0.4, 0.5) is 4.79 Å². The quantitative estimate of drug-likeness (QED) is 0.836. The molecule has 1 aromatic heterocycles. The van der Waals surface area contributed by atoms with Gasteiger partial charge in [0.2, 0.25) is 0 Å². The molecule has 1 amide bonds. The van der Waals surface area contributed by atoms with E-state index in [-0.39, 0.29) is 6.09 Å². The number of ether oxygens (including phenoxy) is 1. The van der Waals surface area contributed by atoms with E-state index in [4.69, 9.17) is 16.3 Å². The first-order chi connectivity index (χ1) is 9.33. The third-order valence-electron chi connectivity index (χ3n) is 2.78. The first kappa shape index (κ1) is 15.9. The summed E-state index contributed by atoms with van der Waals surface area (Å²) in [7, 11) is 0. The lowest BCUT2D eigenvalue weighted by Gasteiger charge is -2.24. The van der Waals surface area contributed by atoms with E-state index in [9.17, 15) is 4.79 Å². The molecule has 1 aliphatic heterocycles. The molecular formula is C13H19ClN2O2S2. The summed E-state index contributed by atoms with van der Waals surface area (Å²) in [5.41, 5.74) is -0.429. The topological polar surface area (TPSA) is 42.4 Å². The molecule has 1 fully saturated rings. The highest BCUT2D eigenvalue weighted by Gasteiger charge is 2.29. The lowest BCUT2D eigenvalue weighted by molar-refractivity contribution is 0.0295. The summed E-state index contributed by atoms with van der Waals surface area (Å²) in [5, 5.41) is 0.461. The van der Waals surface area contributed by atoms with Gasteiger partial charge in [0.25, 0.3) is 0 Å². The number of rotatable bonds is 3. The summed E-state index contributed by atoms with van der Waals surface area (Å²) >= 11 is 9.18. The Kier molecular flexibility index (Phi) is 5.20. The highest BCUT2D eigenvalue weighted by molar-refractivity contribution is 7.99. The number of halogens is 1. The average molecular weight is 335 g/mol. The molecule has 1 unspecified atom stereocenters. The second-order valence-electron chi connectivity index (χ2n) is 5.73. The van der Waals surface area contributed by atoms with Crippen LogP contribution in [0.15, 0.2) is 6.20 Å². The largest absolute Gasteiger partial charge is 0.444 e. The van der Waals surface area contributed by atoms with Crippen LogP contribution in [0.25, 0.3) is 0 Å². The van der Waals surface area contributed by atoms with Gasteiger partial charge in [-0.1, -0.05) is 11.6 Å². The van der Waals surface area contributed by atoms with Crippen molar-refractivity contribution in [3.63, 3.8) is 0 Å². The molecule has 0 bridgehead atoms. The van der Waals surface area contributed by atoms with Gasteiger partial charge >= 0.3 is 6.09 Å². The molecule has 0 aliphatic carbocycles. The van der Waals surface area contributed by atoms with Crippen molar-refractivity contribution in [3.8, 4) is 0 Å². The number of aromatic nitrogens is 1. The molecule has 112 valence electrons. The summed E-state index contributed by atoms with van der Waals surface area (Å²) in [5.74, 6) is 0.900. The molecule has 20 heavy (non-hydrogen) atoms. The summed E-state index contributed by atoms with van der Waals surface area (Å²) in [4.78, 5) is 19.0. The first-order valence-electron chi connectivity index (χ1n) is 6.53. The lowest BCUT2D eigenvalue weighted by Crippen LogP contribution is -2.35. The van der Waals surface area contributed by atoms with Crippen molar-refractivity contribution in [2.75, 3.05) is 13.1 Å². The lowest BCUT2D eigenvalue weighted by atomic mass is 10.2. The standard InChI is InChI=1S/C13H19ClN2O2S2/c1-13(2,3)18-12(17)16-5-4-9(7-16)19-8-10-6-15-11(14)20-10/h6,9H,4-5,7-8H2,1-3H3. The number of amides is 1. The van der Waals surface area contributed by atoms with E-state index in [2.05, 4.69) is 4.98 Å². The van der Waals surface area contributed by atoms with Gasteiger partial charge in [-0.05, 0) is 27.2 Å². The Morgan fingerprint density at radius 2 is 2.40 bits per heavy atom. The van der Waals surface area contributed by atoms with Gasteiger partial charge in [0.1, 0.15) is 5.60 Å². The third kappa shape index (κ3) is 4.82. The smallest absolute Gasteiger partial charge is 0.410 e. The highest BCUT2D eigenvalue weighted by Crippen LogP contribution is 2.29. The van der Waals surface area contributed by atoms with Crippen molar-refractivity contribution in [2.24, 2.45) is 0 Å². The van der Waals surface area contributed by atoms with E-state index in [1.54, 1.807) is 4.90 Å². The van der Waals surface area contributed by atoms with Gasteiger partial charge in [-0.25, -0.2) is 9.78 Å². The zero-order chi connectivity index (χ0) is 14.8. The van der Waals surface area contributed by atoms with Crippen molar-refractivity contribution >= 4 is 40.8 Å². The van der Waals surface area contributed by atoms with E-state index < -0.39 is 5.60 Å². The van der Waals surface area contributed by atoms with Crippen LogP contribution < -0.4 is 0 Å². The molecule has 0 N–H and O–H groups in total. The molecule has 0 saturated carbocycles. The molecule has 0 aromatic carbocycles. The van der Waals surface area contributed by atoms with Crippen molar-refractivity contribution in [1.29, 1.82) is 0 Å². The van der Waals surface area contributed by atoms with Crippen LogP contribution in [0.1, 0.15) is 32.1 Å². The van der Waals surface area contributed by atoms with Crippen LogP contribution in [0.3, 0.4) is 0 Å². The van der Waals surface area contributed by atoms with Crippen molar-refractivity contribution in [3.05, 3.63) is 15.5 Å². The van der Waals surface area contributed by atoms with Crippen LogP contribution in [0.2, 0.25) is 4.47 Å². The van der Waals surface area contributed by atoms with Crippen molar-refractivity contribution in [2.45, 2.75) is 43.8 Å². The number of carbonyl (C=O) groups excluding carboxylic acids is 1. The van der Waals surface area contributed by atoms with E-state index in [1.807, 2.05) is 38.7 Å². The van der Waals surface area contributed by atoms with Crippen LogP contribution in [-0.2, 0) is 10.5 Å². The van der Waals surface area contributed by atoms with Gasteiger partial charge in [0.05, 0.1) is 0 Å². The van der Waals surface area contributed by atoms with E-state index in [0.717, 1.165) is 25.3 Å². The Balaban J connectivity index is 1.76. The molecule has 1 saturated heterocycles. The normalized spacial score (nSPS) is 19.4. The number of thioether (sulfide) groups is 1. The molecule has 7 heteroatoms. The maximum atomic E-state index is 12.0. The number of hydrogen-bond acceptors (Lipinski definition) is 5. The first-order valence-corrected chi connectivity index (χ1v) is 8.77. The predicted molar refractivity (Wildman–Crippen MR) is 84.6 cm³/mol. The van der Waals surface area contributed by atoms with Crippen molar-refractivity contribution in [1.82, 2.24) is 9.88 Å². The van der Waals surface area contributed by atoms with Gasteiger partial charge in [0, 0.05) is 35.2 Å². The maximum absolute atomic E-state index is 12.0. The number of nitrogens with zero attached hydrogens (tertiary/aromatic N) is 2. The molecule has 1 aromatic rings. The van der Waals surface area contributed by atoms with Gasteiger partial charge in [-0.2, -0.15) is 11.8 Å². The van der Waals surface area contributed by atoms with Crippen LogP contribution >= 0.6 is 34.7 Å². The summed E-state index contributed by atoms with van der Waals surface area (Å²) in [6, 6.07) is 0. The fourth-order valence-electron chi connectivity index (χ4n) is 1.91. The molecule has 2 rings (SSSR count). The van der Waals surface area contributed by atoms with Crippen LogP contribution in [-0.4, -0.2) is 39.9 Å². The zero-order valence-electron chi connectivity index (χ0n) is 11.9. The molecule has 1 aliphatic rings. The van der Waals surface area contributed by atoms with E-state index in [1.165, 1.54) is 16.2 Å². The Bertz CT molecular complexity index is 473. The third-order valence-corrected chi connectivity index (χ3v) is 5.41. The zero-order valence-corrected chi connectivity index (χ0v) is 14.3. The van der Waals surface area contributed by atoms with Gasteiger partial charge in [-0.15, -0.1) is 11.3 Å². The molecule has 2 heterocycles. The summed E-state index contributed by atoms with van der Waals surface area (Å²) in [6.07, 6.45) is 2.62. The Labute approximate surface area is 132 Å². The maximum Gasteiger partial charge on any atom is 0.410 e. The van der Waals surface area contributed by atoms with Crippen LogP contribution in [0.5, 0.6) is 0 Å². The average Bonchev–Trinajstić information content (AvgIpc) is 2.93. The fraction of sp³-hybridized carbons (Fsp3) is 0.692. The van der Waals surface area contributed by atoms with Crippen LogP contribution in [0, 0.1) is 0 Å². The second-order valence-corrected chi connectivity index (χ2v) is 8.71. The van der Waals surface area contributed by atoms with Gasteiger partial charge < -0.3 is 9.64 Å². The molecular weight excluding hydrogens is 316 g/mol. The number of hydrogen-bond donors (Lipinski definition) is 0. The molecule has 4 nitrogen and oxygen atoms in total. The fourth-order valence-corrected chi connectivity index (χ4v) is 4.15. The van der Waals surface area contributed by atoms with E-state index in [0.29, 0.717) is 9.72 Å². The minimum absolute atomic E-state index is 0.207. The monoisotopic (exact) mass is 334 g/mol. The predicted octanol–water partition coefficient (Wildman–Crippen LogP) is 4.04. The second kappa shape index (κ2) is 6.54. The molecule has 1 atom stereocenters. The highest BCUT2D eigenvalue weighted by atomic mass is 35.5.